The zero-order chi connectivity index (χ0) is 19.2. The van der Waals surface area contributed by atoms with Gasteiger partial charge in [-0.05, 0) is 42.7 Å². The molecule has 1 heterocycles. The molecule has 0 spiro atoms. The van der Waals surface area contributed by atoms with Gasteiger partial charge in [0, 0.05) is 43.8 Å². The summed E-state index contributed by atoms with van der Waals surface area (Å²) in [6.07, 6.45) is 0. The summed E-state index contributed by atoms with van der Waals surface area (Å²) in [6, 6.07) is 16.4. The molecule has 4 nitrogen and oxygen atoms in total. The third-order valence-electron chi connectivity index (χ3n) is 5.31. The Labute approximate surface area is 167 Å². The third kappa shape index (κ3) is 5.55. The van der Waals surface area contributed by atoms with Crippen molar-refractivity contribution in [3.8, 4) is 0 Å². The lowest BCUT2D eigenvalue weighted by molar-refractivity contribution is -0.132. The summed E-state index contributed by atoms with van der Waals surface area (Å²) < 4.78 is 0. The summed E-state index contributed by atoms with van der Waals surface area (Å²) >= 11 is 5.93. The van der Waals surface area contributed by atoms with Gasteiger partial charge in [0.15, 0.2) is 0 Å². The maximum absolute atomic E-state index is 12.5. The van der Waals surface area contributed by atoms with E-state index in [0.29, 0.717) is 6.54 Å². The average Bonchev–Trinajstić information content (AvgIpc) is 2.69. The van der Waals surface area contributed by atoms with Crippen molar-refractivity contribution < 1.29 is 4.79 Å². The number of halogens is 1. The number of aryl methyl sites for hydroxylation is 1. The third-order valence-corrected chi connectivity index (χ3v) is 5.56. The largest absolute Gasteiger partial charge is 0.339 e. The lowest BCUT2D eigenvalue weighted by Gasteiger charge is -2.35. The number of rotatable bonds is 6. The van der Waals surface area contributed by atoms with Crippen molar-refractivity contribution in [2.75, 3.05) is 32.7 Å². The second kappa shape index (κ2) is 9.36. The molecule has 27 heavy (non-hydrogen) atoms. The minimum atomic E-state index is 0.119. The van der Waals surface area contributed by atoms with Crippen molar-refractivity contribution in [2.45, 2.75) is 26.4 Å². The normalized spacial score (nSPS) is 16.3. The highest BCUT2D eigenvalue weighted by Gasteiger charge is 2.21. The molecule has 0 saturated carbocycles. The molecule has 0 aromatic heterocycles. The molecule has 144 valence electrons. The summed E-state index contributed by atoms with van der Waals surface area (Å²) in [7, 11) is 0. The Morgan fingerprint density at radius 1 is 1.07 bits per heavy atom. The average molecular weight is 386 g/mol. The van der Waals surface area contributed by atoms with Crippen LogP contribution < -0.4 is 5.32 Å². The topological polar surface area (TPSA) is 35.6 Å². The highest BCUT2D eigenvalue weighted by Crippen LogP contribution is 2.16. The minimum Gasteiger partial charge on any atom is -0.339 e. The van der Waals surface area contributed by atoms with Crippen molar-refractivity contribution in [3.63, 3.8) is 0 Å². The summed E-state index contributed by atoms with van der Waals surface area (Å²) in [4.78, 5) is 16.9. The number of hydrogen-bond donors (Lipinski definition) is 1. The standard InChI is InChI=1S/C22H28ClN3O/c1-17-5-3-4-6-20(17)16-25-11-13-26(14-12-25)22(27)15-24-18(2)19-7-9-21(23)10-8-19/h3-10,18,24H,11-16H2,1-2H3/t18-/m1/s1. The predicted octanol–water partition coefficient (Wildman–Crippen LogP) is 3.64. The van der Waals surface area contributed by atoms with Crippen LogP contribution >= 0.6 is 11.6 Å². The van der Waals surface area contributed by atoms with Crippen LogP contribution in [0.25, 0.3) is 0 Å². The number of amides is 1. The number of hydrogen-bond acceptors (Lipinski definition) is 3. The number of carbonyl (C=O) groups is 1. The Morgan fingerprint density at radius 3 is 2.41 bits per heavy atom. The van der Waals surface area contributed by atoms with Gasteiger partial charge >= 0.3 is 0 Å². The number of nitrogens with one attached hydrogen (secondary N) is 1. The lowest BCUT2D eigenvalue weighted by Crippen LogP contribution is -2.50. The first-order valence-electron chi connectivity index (χ1n) is 9.56. The van der Waals surface area contributed by atoms with Gasteiger partial charge < -0.3 is 10.2 Å². The van der Waals surface area contributed by atoms with Crippen LogP contribution in [0.15, 0.2) is 48.5 Å². The van der Waals surface area contributed by atoms with Gasteiger partial charge in [-0.15, -0.1) is 0 Å². The van der Waals surface area contributed by atoms with E-state index in [1.807, 2.05) is 29.2 Å². The molecule has 5 heteroatoms. The van der Waals surface area contributed by atoms with E-state index in [9.17, 15) is 4.79 Å². The van der Waals surface area contributed by atoms with Crippen LogP contribution in [0, 0.1) is 6.92 Å². The highest BCUT2D eigenvalue weighted by molar-refractivity contribution is 6.30. The van der Waals surface area contributed by atoms with Gasteiger partial charge in [-0.25, -0.2) is 0 Å². The zero-order valence-electron chi connectivity index (χ0n) is 16.1. The van der Waals surface area contributed by atoms with Crippen LogP contribution in [-0.4, -0.2) is 48.4 Å². The second-order valence-electron chi connectivity index (χ2n) is 7.24. The quantitative estimate of drug-likeness (QED) is 0.824. The molecule has 0 unspecified atom stereocenters. The fourth-order valence-electron chi connectivity index (χ4n) is 3.41. The van der Waals surface area contributed by atoms with Crippen molar-refractivity contribution in [1.82, 2.24) is 15.1 Å². The van der Waals surface area contributed by atoms with Gasteiger partial charge in [0.2, 0.25) is 5.91 Å². The molecule has 1 aliphatic rings. The number of piperazine rings is 1. The number of carbonyl (C=O) groups excluding carboxylic acids is 1. The van der Waals surface area contributed by atoms with Gasteiger partial charge in [0.05, 0.1) is 6.54 Å². The molecule has 1 amide bonds. The first-order valence-corrected chi connectivity index (χ1v) is 9.94. The summed E-state index contributed by atoms with van der Waals surface area (Å²) in [5, 5.41) is 4.05. The van der Waals surface area contributed by atoms with Crippen molar-refractivity contribution in [1.29, 1.82) is 0 Å². The second-order valence-corrected chi connectivity index (χ2v) is 7.67. The Hall–Kier alpha value is -1.88. The molecule has 1 N–H and O–H groups in total. The fraction of sp³-hybridized carbons (Fsp3) is 0.409. The van der Waals surface area contributed by atoms with Crippen molar-refractivity contribution in [3.05, 3.63) is 70.2 Å². The zero-order valence-corrected chi connectivity index (χ0v) is 16.9. The Balaban J connectivity index is 1.43. The maximum atomic E-state index is 12.5. The molecule has 3 rings (SSSR count). The van der Waals surface area contributed by atoms with Gasteiger partial charge in [-0.1, -0.05) is 48.0 Å². The van der Waals surface area contributed by atoms with Crippen molar-refractivity contribution in [2.24, 2.45) is 0 Å². The molecule has 2 aromatic rings. The van der Waals surface area contributed by atoms with Crippen LogP contribution in [0.1, 0.15) is 29.7 Å². The molecule has 2 aromatic carbocycles. The van der Waals surface area contributed by atoms with Gasteiger partial charge in [0.25, 0.3) is 0 Å². The lowest BCUT2D eigenvalue weighted by atomic mass is 10.1. The van der Waals surface area contributed by atoms with Gasteiger partial charge in [0.1, 0.15) is 0 Å². The molecular weight excluding hydrogens is 358 g/mol. The van der Waals surface area contributed by atoms with E-state index in [1.165, 1.54) is 11.1 Å². The molecule has 1 saturated heterocycles. The summed E-state index contributed by atoms with van der Waals surface area (Å²) in [6.45, 7) is 8.98. The molecule has 1 atom stereocenters. The number of nitrogens with zero attached hydrogens (tertiary/aromatic N) is 2. The van der Waals surface area contributed by atoms with E-state index in [-0.39, 0.29) is 11.9 Å². The smallest absolute Gasteiger partial charge is 0.236 e. The number of benzene rings is 2. The van der Waals surface area contributed by atoms with Crippen LogP contribution in [0.3, 0.4) is 0 Å². The predicted molar refractivity (Wildman–Crippen MR) is 111 cm³/mol. The van der Waals surface area contributed by atoms with E-state index in [0.717, 1.165) is 43.3 Å². The maximum Gasteiger partial charge on any atom is 0.236 e. The van der Waals surface area contributed by atoms with E-state index < -0.39 is 0 Å². The SMILES string of the molecule is Cc1ccccc1CN1CCN(C(=O)CN[C@H](C)c2ccc(Cl)cc2)CC1. The molecule has 0 radical (unpaired) electrons. The molecule has 1 aliphatic heterocycles. The first kappa shape index (κ1) is 19.9. The summed E-state index contributed by atoms with van der Waals surface area (Å²) in [5.41, 5.74) is 3.84. The van der Waals surface area contributed by atoms with Gasteiger partial charge in [-0.3, -0.25) is 9.69 Å². The highest BCUT2D eigenvalue weighted by atomic mass is 35.5. The minimum absolute atomic E-state index is 0.119. The van der Waals surface area contributed by atoms with E-state index in [1.54, 1.807) is 0 Å². The van der Waals surface area contributed by atoms with E-state index in [2.05, 4.69) is 48.3 Å². The molecule has 0 aliphatic carbocycles. The van der Waals surface area contributed by atoms with Crippen LogP contribution in [0.4, 0.5) is 0 Å². The Bertz CT molecular complexity index is 754. The first-order chi connectivity index (χ1) is 13.0. The van der Waals surface area contributed by atoms with E-state index in [4.69, 9.17) is 11.6 Å². The van der Waals surface area contributed by atoms with Crippen LogP contribution in [-0.2, 0) is 11.3 Å². The summed E-state index contributed by atoms with van der Waals surface area (Å²) in [5.74, 6) is 0.173. The van der Waals surface area contributed by atoms with Crippen LogP contribution in [0.2, 0.25) is 5.02 Å². The molecular formula is C22H28ClN3O. The Morgan fingerprint density at radius 2 is 1.74 bits per heavy atom. The van der Waals surface area contributed by atoms with Crippen molar-refractivity contribution >= 4 is 17.5 Å². The molecule has 1 fully saturated rings. The monoisotopic (exact) mass is 385 g/mol. The van der Waals surface area contributed by atoms with Gasteiger partial charge in [-0.2, -0.15) is 0 Å². The molecule has 0 bridgehead atoms. The fourth-order valence-corrected chi connectivity index (χ4v) is 3.53. The Kier molecular flexibility index (Phi) is 6.89. The van der Waals surface area contributed by atoms with E-state index >= 15 is 0 Å². The van der Waals surface area contributed by atoms with Crippen LogP contribution in [0.5, 0.6) is 0 Å².